The summed E-state index contributed by atoms with van der Waals surface area (Å²) in [4.78, 5) is 22.9. The molecular weight excluding hydrogens is 481 g/mol. The lowest BCUT2D eigenvalue weighted by atomic mass is 10.0. The van der Waals surface area contributed by atoms with E-state index in [4.69, 9.17) is 14.2 Å². The topological polar surface area (TPSA) is 87.9 Å². The van der Waals surface area contributed by atoms with Gasteiger partial charge in [0.1, 0.15) is 17.2 Å². The van der Waals surface area contributed by atoms with Crippen LogP contribution >= 0.6 is 0 Å². The Balaban J connectivity index is 1.77. The van der Waals surface area contributed by atoms with E-state index in [1.807, 2.05) is 13.0 Å². The number of nitrogens with zero attached hydrogens (tertiary/aromatic N) is 4. The average Bonchev–Trinajstić information content (AvgIpc) is 3.32. The van der Waals surface area contributed by atoms with Crippen LogP contribution in [-0.2, 0) is 9.53 Å². The van der Waals surface area contributed by atoms with Crippen LogP contribution in [0, 0.1) is 6.92 Å². The Hall–Kier alpha value is -3.80. The fourth-order valence-electron chi connectivity index (χ4n) is 4.22. The lowest BCUT2D eigenvalue weighted by Gasteiger charge is -2.35. The van der Waals surface area contributed by atoms with Crippen LogP contribution < -0.4 is 14.2 Å². The van der Waals surface area contributed by atoms with Crippen LogP contribution in [0.3, 0.4) is 0 Å². The first-order valence-electron chi connectivity index (χ1n) is 11.0. The van der Waals surface area contributed by atoms with E-state index in [0.29, 0.717) is 42.3 Å². The molecule has 0 saturated carbocycles. The van der Waals surface area contributed by atoms with Crippen LogP contribution in [0.5, 0.6) is 17.4 Å². The lowest BCUT2D eigenvalue weighted by molar-refractivity contribution is -0.274. The summed E-state index contributed by atoms with van der Waals surface area (Å²) in [5.41, 5.74) is 2.93. The Morgan fingerprint density at radius 3 is 2.64 bits per heavy atom. The number of amides is 1. The van der Waals surface area contributed by atoms with Gasteiger partial charge in [0.25, 0.3) is 0 Å². The number of hydrogen-bond acceptors (Lipinski definition) is 7. The Morgan fingerprint density at radius 2 is 1.97 bits per heavy atom. The predicted octanol–water partition coefficient (Wildman–Crippen LogP) is 4.08. The Bertz CT molecular complexity index is 1260. The van der Waals surface area contributed by atoms with Gasteiger partial charge in [-0.25, -0.2) is 9.97 Å². The van der Waals surface area contributed by atoms with Crippen LogP contribution in [0.4, 0.5) is 13.2 Å². The van der Waals surface area contributed by atoms with Crippen molar-refractivity contribution in [3.8, 4) is 34.3 Å². The second-order valence-corrected chi connectivity index (χ2v) is 8.08. The van der Waals surface area contributed by atoms with Crippen LogP contribution in [0.15, 0.2) is 36.8 Å². The number of carbonyl (C=O) groups is 1. The van der Waals surface area contributed by atoms with Crippen molar-refractivity contribution in [3.05, 3.63) is 48.0 Å². The summed E-state index contributed by atoms with van der Waals surface area (Å²) >= 11 is 0. The SMILES string of the molecule is COc1cc(OC(F)(F)F)ccc1-c1nc(OC)c(-n2cncc2C2COCCN2C(C)=O)cc1C. The van der Waals surface area contributed by atoms with Crippen LogP contribution in [0.25, 0.3) is 16.9 Å². The number of imidazole rings is 1. The summed E-state index contributed by atoms with van der Waals surface area (Å²) in [6, 6.07) is 5.27. The number of pyridine rings is 1. The normalized spacial score (nSPS) is 16.1. The van der Waals surface area contributed by atoms with Crippen molar-refractivity contribution < 1.29 is 36.9 Å². The Kier molecular flexibility index (Phi) is 7.07. The average molecular weight is 506 g/mol. The third-order valence-corrected chi connectivity index (χ3v) is 5.82. The lowest BCUT2D eigenvalue weighted by Crippen LogP contribution is -2.43. The van der Waals surface area contributed by atoms with E-state index >= 15 is 0 Å². The number of aromatic nitrogens is 3. The van der Waals surface area contributed by atoms with E-state index < -0.39 is 12.1 Å². The van der Waals surface area contributed by atoms with Gasteiger partial charge in [0, 0.05) is 25.1 Å². The zero-order valence-corrected chi connectivity index (χ0v) is 20.1. The molecule has 0 aliphatic carbocycles. The van der Waals surface area contributed by atoms with Gasteiger partial charge in [0.15, 0.2) is 0 Å². The molecule has 1 amide bonds. The van der Waals surface area contributed by atoms with Gasteiger partial charge < -0.3 is 23.8 Å². The monoisotopic (exact) mass is 506 g/mol. The highest BCUT2D eigenvalue weighted by atomic mass is 19.4. The van der Waals surface area contributed by atoms with Gasteiger partial charge in [-0.05, 0) is 30.7 Å². The largest absolute Gasteiger partial charge is 0.573 e. The van der Waals surface area contributed by atoms with Gasteiger partial charge >= 0.3 is 6.36 Å². The summed E-state index contributed by atoms with van der Waals surface area (Å²) < 4.78 is 60.3. The molecule has 1 aliphatic rings. The summed E-state index contributed by atoms with van der Waals surface area (Å²) in [7, 11) is 2.81. The molecule has 0 N–H and O–H groups in total. The molecule has 1 atom stereocenters. The van der Waals surface area contributed by atoms with E-state index in [2.05, 4.69) is 14.7 Å². The number of morpholine rings is 1. The minimum absolute atomic E-state index is 0.0716. The molecule has 2 aromatic heterocycles. The Labute approximate surface area is 205 Å². The van der Waals surface area contributed by atoms with Crippen molar-refractivity contribution in [1.29, 1.82) is 0 Å². The second-order valence-electron chi connectivity index (χ2n) is 8.08. The van der Waals surface area contributed by atoms with Gasteiger partial charge in [0.05, 0.1) is 57.4 Å². The number of aryl methyl sites for hydroxylation is 1. The molecule has 0 bridgehead atoms. The zero-order valence-electron chi connectivity index (χ0n) is 20.1. The number of benzene rings is 1. The minimum Gasteiger partial charge on any atom is -0.496 e. The number of alkyl halides is 3. The van der Waals surface area contributed by atoms with E-state index in [1.54, 1.807) is 22.0 Å². The van der Waals surface area contributed by atoms with Crippen molar-refractivity contribution in [2.45, 2.75) is 26.3 Å². The molecule has 1 saturated heterocycles. The quantitative estimate of drug-likeness (QED) is 0.498. The van der Waals surface area contributed by atoms with Gasteiger partial charge in [-0.15, -0.1) is 13.2 Å². The molecule has 0 radical (unpaired) electrons. The number of carbonyl (C=O) groups excluding carboxylic acids is 1. The van der Waals surface area contributed by atoms with E-state index in [-0.39, 0.29) is 23.6 Å². The number of ether oxygens (including phenoxy) is 4. The Morgan fingerprint density at radius 1 is 1.19 bits per heavy atom. The molecule has 1 unspecified atom stereocenters. The zero-order chi connectivity index (χ0) is 26.0. The standard InChI is InChI=1S/C24H25F3N4O5/c1-14-9-18(31-13-28-11-19(31)20-12-35-8-7-30(20)15(2)32)23(34-4)29-22(14)17-6-5-16(10-21(17)33-3)36-24(25,26)27/h5-6,9-11,13,20H,7-8,12H2,1-4H3. The maximum Gasteiger partial charge on any atom is 0.573 e. The minimum atomic E-state index is -4.82. The van der Waals surface area contributed by atoms with Crippen molar-refractivity contribution in [1.82, 2.24) is 19.4 Å². The number of hydrogen-bond donors (Lipinski definition) is 0. The van der Waals surface area contributed by atoms with Crippen molar-refractivity contribution in [3.63, 3.8) is 0 Å². The maximum atomic E-state index is 12.6. The molecular formula is C24H25F3N4O5. The first kappa shape index (κ1) is 25.3. The molecule has 36 heavy (non-hydrogen) atoms. The highest BCUT2D eigenvalue weighted by molar-refractivity contribution is 5.74. The second kappa shape index (κ2) is 10.1. The molecule has 1 aliphatic heterocycles. The molecule has 0 spiro atoms. The first-order chi connectivity index (χ1) is 17.1. The fraction of sp³-hybridized carbons (Fsp3) is 0.375. The highest BCUT2D eigenvalue weighted by Crippen LogP contribution is 2.38. The van der Waals surface area contributed by atoms with E-state index in [9.17, 15) is 18.0 Å². The fourth-order valence-corrected chi connectivity index (χ4v) is 4.22. The van der Waals surface area contributed by atoms with Crippen LogP contribution in [0.2, 0.25) is 0 Å². The summed E-state index contributed by atoms with van der Waals surface area (Å²) in [6.45, 7) is 4.57. The van der Waals surface area contributed by atoms with Crippen molar-refractivity contribution >= 4 is 5.91 Å². The van der Waals surface area contributed by atoms with Crippen molar-refractivity contribution in [2.24, 2.45) is 0 Å². The molecule has 1 fully saturated rings. The molecule has 12 heteroatoms. The third kappa shape index (κ3) is 5.08. The number of rotatable bonds is 6. The van der Waals surface area contributed by atoms with Crippen molar-refractivity contribution in [2.75, 3.05) is 34.0 Å². The summed E-state index contributed by atoms with van der Waals surface area (Å²) in [6.07, 6.45) is -1.56. The van der Waals surface area contributed by atoms with E-state index in [0.717, 1.165) is 11.8 Å². The molecule has 1 aromatic carbocycles. The maximum absolute atomic E-state index is 12.6. The third-order valence-electron chi connectivity index (χ3n) is 5.82. The first-order valence-corrected chi connectivity index (χ1v) is 11.0. The van der Waals surface area contributed by atoms with Gasteiger partial charge in [0.2, 0.25) is 11.8 Å². The van der Waals surface area contributed by atoms with E-state index in [1.165, 1.54) is 33.3 Å². The van der Waals surface area contributed by atoms with Gasteiger partial charge in [-0.2, -0.15) is 0 Å². The summed E-state index contributed by atoms with van der Waals surface area (Å²) in [5, 5.41) is 0. The van der Waals surface area contributed by atoms with Gasteiger partial charge in [-0.1, -0.05) is 0 Å². The van der Waals surface area contributed by atoms with Crippen LogP contribution in [0.1, 0.15) is 24.2 Å². The highest BCUT2D eigenvalue weighted by Gasteiger charge is 2.32. The number of methoxy groups -OCH3 is 2. The smallest absolute Gasteiger partial charge is 0.496 e. The summed E-state index contributed by atoms with van der Waals surface area (Å²) in [5.74, 6) is -0.0737. The molecule has 3 aromatic rings. The molecule has 4 rings (SSSR count). The molecule has 9 nitrogen and oxygen atoms in total. The molecule has 192 valence electrons. The number of halogens is 3. The van der Waals surface area contributed by atoms with Crippen LogP contribution in [-0.4, -0.2) is 65.7 Å². The molecule has 3 heterocycles. The predicted molar refractivity (Wildman–Crippen MR) is 122 cm³/mol. The van der Waals surface area contributed by atoms with Gasteiger partial charge in [-0.3, -0.25) is 9.36 Å².